The molecule has 0 saturated carbocycles. The number of rotatable bonds is 6. The standard InChI is InChI=1S/C17H29N5O2S.HI/c1-6-24-16(23)14-11(2)20-15(25-14)12(3)21-17(18-4)19-10-13-8-7-9-22(13)5;/h12-13H,6-10H2,1-5H3,(H2,18,19,21);1H. The highest BCUT2D eigenvalue weighted by Crippen LogP contribution is 2.24. The van der Waals surface area contributed by atoms with E-state index in [1.165, 1.54) is 24.2 Å². The third-order valence-corrected chi connectivity index (χ3v) is 5.72. The van der Waals surface area contributed by atoms with Gasteiger partial charge in [0.2, 0.25) is 0 Å². The van der Waals surface area contributed by atoms with Crippen LogP contribution in [0.5, 0.6) is 0 Å². The Morgan fingerprint density at radius 1 is 1.54 bits per heavy atom. The lowest BCUT2D eigenvalue weighted by molar-refractivity contribution is 0.0531. The zero-order chi connectivity index (χ0) is 18.4. The maximum atomic E-state index is 11.9. The number of carbonyl (C=O) groups is 1. The molecule has 0 amide bonds. The zero-order valence-electron chi connectivity index (χ0n) is 16.2. The predicted octanol–water partition coefficient (Wildman–Crippen LogP) is 2.57. The van der Waals surface area contributed by atoms with Gasteiger partial charge in [-0.1, -0.05) is 0 Å². The predicted molar refractivity (Wildman–Crippen MR) is 117 cm³/mol. The highest BCUT2D eigenvalue weighted by Gasteiger charge is 2.22. The van der Waals surface area contributed by atoms with Crippen LogP contribution < -0.4 is 10.6 Å². The molecule has 2 heterocycles. The van der Waals surface area contributed by atoms with E-state index in [9.17, 15) is 4.79 Å². The quantitative estimate of drug-likeness (QED) is 0.274. The van der Waals surface area contributed by atoms with E-state index in [2.05, 4.69) is 32.6 Å². The number of aryl methyl sites for hydroxylation is 1. The molecule has 0 spiro atoms. The second-order valence-corrected chi connectivity index (χ2v) is 7.31. The van der Waals surface area contributed by atoms with Crippen LogP contribution in [0.2, 0.25) is 0 Å². The van der Waals surface area contributed by atoms with Gasteiger partial charge in [-0.05, 0) is 47.2 Å². The molecule has 26 heavy (non-hydrogen) atoms. The molecule has 2 N–H and O–H groups in total. The van der Waals surface area contributed by atoms with Crippen LogP contribution in [-0.2, 0) is 4.74 Å². The molecular weight excluding hydrogens is 465 g/mol. The Labute approximate surface area is 177 Å². The fraction of sp³-hybridized carbons (Fsp3) is 0.706. The van der Waals surface area contributed by atoms with Crippen LogP contribution in [0.1, 0.15) is 53.1 Å². The van der Waals surface area contributed by atoms with Crippen LogP contribution in [0.4, 0.5) is 0 Å². The molecule has 0 aliphatic carbocycles. The summed E-state index contributed by atoms with van der Waals surface area (Å²) >= 11 is 1.37. The van der Waals surface area contributed by atoms with E-state index in [1.807, 2.05) is 13.8 Å². The summed E-state index contributed by atoms with van der Waals surface area (Å²) in [6.45, 7) is 8.05. The van der Waals surface area contributed by atoms with Crippen molar-refractivity contribution in [3.05, 3.63) is 15.6 Å². The van der Waals surface area contributed by atoms with E-state index in [0.29, 0.717) is 23.2 Å². The summed E-state index contributed by atoms with van der Waals surface area (Å²) in [4.78, 5) is 23.7. The van der Waals surface area contributed by atoms with Crippen molar-refractivity contribution in [2.24, 2.45) is 4.99 Å². The number of hydrogen-bond donors (Lipinski definition) is 2. The Kier molecular flexibility index (Phi) is 9.80. The average molecular weight is 495 g/mol. The first-order chi connectivity index (χ1) is 12.0. The number of likely N-dealkylation sites (tertiary alicyclic amines) is 1. The molecule has 1 aromatic heterocycles. The van der Waals surface area contributed by atoms with Crippen molar-refractivity contribution in [3.8, 4) is 0 Å². The second kappa shape index (κ2) is 11.0. The molecule has 0 bridgehead atoms. The molecule has 0 radical (unpaired) electrons. The van der Waals surface area contributed by atoms with Gasteiger partial charge in [-0.25, -0.2) is 9.78 Å². The van der Waals surface area contributed by atoms with Crippen LogP contribution in [-0.4, -0.2) is 61.6 Å². The maximum absolute atomic E-state index is 11.9. The van der Waals surface area contributed by atoms with E-state index < -0.39 is 0 Å². The number of guanidine groups is 1. The minimum atomic E-state index is -0.303. The molecule has 2 unspecified atom stereocenters. The number of likely N-dealkylation sites (N-methyl/N-ethyl adjacent to an activating group) is 1. The maximum Gasteiger partial charge on any atom is 0.350 e. The lowest BCUT2D eigenvalue weighted by Gasteiger charge is -2.22. The summed E-state index contributed by atoms with van der Waals surface area (Å²) in [5.74, 6) is 0.445. The van der Waals surface area contributed by atoms with Crippen molar-refractivity contribution in [3.63, 3.8) is 0 Å². The number of nitrogens with zero attached hydrogens (tertiary/aromatic N) is 3. The average Bonchev–Trinajstić information content (AvgIpc) is 3.17. The number of ether oxygens (including phenoxy) is 1. The summed E-state index contributed by atoms with van der Waals surface area (Å²) < 4.78 is 5.08. The number of aliphatic imine (C=N–C) groups is 1. The Bertz CT molecular complexity index is 622. The molecular formula is C17H30IN5O2S. The van der Waals surface area contributed by atoms with Gasteiger partial charge in [-0.15, -0.1) is 35.3 Å². The molecule has 1 aliphatic rings. The highest BCUT2D eigenvalue weighted by atomic mass is 127. The first-order valence-corrected chi connectivity index (χ1v) is 9.59. The zero-order valence-corrected chi connectivity index (χ0v) is 19.3. The van der Waals surface area contributed by atoms with Crippen LogP contribution in [0.25, 0.3) is 0 Å². The lowest BCUT2D eigenvalue weighted by Crippen LogP contribution is -2.44. The van der Waals surface area contributed by atoms with Gasteiger partial charge in [0.25, 0.3) is 0 Å². The molecule has 2 atom stereocenters. The van der Waals surface area contributed by atoms with Crippen molar-refractivity contribution in [2.75, 3.05) is 33.8 Å². The summed E-state index contributed by atoms with van der Waals surface area (Å²) in [7, 11) is 3.92. The van der Waals surface area contributed by atoms with Gasteiger partial charge in [-0.3, -0.25) is 4.99 Å². The third kappa shape index (κ3) is 6.05. The van der Waals surface area contributed by atoms with E-state index in [0.717, 1.165) is 24.1 Å². The summed E-state index contributed by atoms with van der Waals surface area (Å²) in [6.07, 6.45) is 2.46. The summed E-state index contributed by atoms with van der Waals surface area (Å²) in [5.41, 5.74) is 0.711. The second-order valence-electron chi connectivity index (χ2n) is 6.28. The molecule has 1 aromatic rings. The Morgan fingerprint density at radius 3 is 2.85 bits per heavy atom. The third-order valence-electron chi connectivity index (χ3n) is 4.40. The SMILES string of the molecule is CCOC(=O)c1sc(C(C)NC(=NC)NCC2CCCN2C)nc1C.I. The van der Waals surface area contributed by atoms with Gasteiger partial charge in [0, 0.05) is 19.6 Å². The minimum absolute atomic E-state index is 0. The number of carbonyl (C=O) groups excluding carboxylic acids is 1. The normalized spacial score (nSPS) is 19.0. The van der Waals surface area contributed by atoms with Crippen molar-refractivity contribution in [1.82, 2.24) is 20.5 Å². The van der Waals surface area contributed by atoms with Gasteiger partial charge in [-0.2, -0.15) is 0 Å². The van der Waals surface area contributed by atoms with E-state index in [1.54, 1.807) is 14.0 Å². The van der Waals surface area contributed by atoms with Gasteiger partial charge >= 0.3 is 5.97 Å². The number of halogens is 1. The molecule has 148 valence electrons. The molecule has 1 aliphatic heterocycles. The van der Waals surface area contributed by atoms with Gasteiger partial charge in [0.05, 0.1) is 18.3 Å². The summed E-state index contributed by atoms with van der Waals surface area (Å²) in [6, 6.07) is 0.505. The van der Waals surface area contributed by atoms with E-state index in [-0.39, 0.29) is 36.0 Å². The lowest BCUT2D eigenvalue weighted by atomic mass is 10.2. The Balaban J connectivity index is 0.00000338. The van der Waals surface area contributed by atoms with Gasteiger partial charge < -0.3 is 20.3 Å². The molecule has 0 aromatic carbocycles. The monoisotopic (exact) mass is 495 g/mol. The van der Waals surface area contributed by atoms with Crippen LogP contribution in [0, 0.1) is 6.92 Å². The van der Waals surface area contributed by atoms with Crippen molar-refractivity contribution in [2.45, 2.75) is 45.7 Å². The Hall–Kier alpha value is -0.940. The number of nitrogens with one attached hydrogen (secondary N) is 2. The summed E-state index contributed by atoms with van der Waals surface area (Å²) in [5, 5.41) is 7.59. The van der Waals surface area contributed by atoms with Gasteiger partial charge in [0.15, 0.2) is 5.96 Å². The smallest absolute Gasteiger partial charge is 0.350 e. The first kappa shape index (κ1) is 23.1. The molecule has 2 rings (SSSR count). The van der Waals surface area contributed by atoms with Crippen LogP contribution >= 0.6 is 35.3 Å². The fourth-order valence-corrected chi connectivity index (χ4v) is 3.86. The highest BCUT2D eigenvalue weighted by molar-refractivity contribution is 14.0. The van der Waals surface area contributed by atoms with Gasteiger partial charge in [0.1, 0.15) is 9.88 Å². The first-order valence-electron chi connectivity index (χ1n) is 8.78. The topological polar surface area (TPSA) is 78.8 Å². The number of aromatic nitrogens is 1. The number of hydrogen-bond acceptors (Lipinski definition) is 6. The molecule has 7 nitrogen and oxygen atoms in total. The van der Waals surface area contributed by atoms with Crippen LogP contribution in [0.3, 0.4) is 0 Å². The van der Waals surface area contributed by atoms with Crippen LogP contribution in [0.15, 0.2) is 4.99 Å². The van der Waals surface area contributed by atoms with E-state index >= 15 is 0 Å². The largest absolute Gasteiger partial charge is 0.462 e. The Morgan fingerprint density at radius 2 is 2.27 bits per heavy atom. The molecule has 1 fully saturated rings. The molecule has 9 heteroatoms. The molecule has 1 saturated heterocycles. The van der Waals surface area contributed by atoms with E-state index in [4.69, 9.17) is 4.74 Å². The van der Waals surface area contributed by atoms with Crippen molar-refractivity contribution >= 4 is 47.2 Å². The van der Waals surface area contributed by atoms with Crippen molar-refractivity contribution in [1.29, 1.82) is 0 Å². The fourth-order valence-electron chi connectivity index (χ4n) is 2.90. The van der Waals surface area contributed by atoms with Crippen molar-refractivity contribution < 1.29 is 9.53 Å². The number of esters is 1. The number of thiazole rings is 1. The minimum Gasteiger partial charge on any atom is -0.462 e.